The molecule has 90 valence electrons. The summed E-state index contributed by atoms with van der Waals surface area (Å²) in [6, 6.07) is 9.57. The lowest BCUT2D eigenvalue weighted by molar-refractivity contribution is -0.126. The van der Waals surface area contributed by atoms with Crippen molar-refractivity contribution in [2.24, 2.45) is 5.92 Å². The number of benzene rings is 1. The molecule has 1 N–H and O–H groups in total. The molecule has 0 amide bonds. The first-order chi connectivity index (χ1) is 8.25. The van der Waals surface area contributed by atoms with Crippen LogP contribution < -0.4 is 0 Å². The van der Waals surface area contributed by atoms with Gasteiger partial charge < -0.3 is 5.11 Å². The summed E-state index contributed by atoms with van der Waals surface area (Å²) in [6.45, 7) is 0. The van der Waals surface area contributed by atoms with Crippen molar-refractivity contribution in [1.29, 1.82) is 0 Å². The number of ketones is 1. The van der Waals surface area contributed by atoms with Crippen molar-refractivity contribution in [3.63, 3.8) is 0 Å². The third kappa shape index (κ3) is 2.02. The standard InChI is InChI=1S/C14H16O2S/c15-11-8-10-6-7-12(17-10)13(11)14(16)9-4-2-1-3-5-9/h1-5,10,12-14,16H,6-8H2/t10-,12+,13-,14+/m0/s1. The molecular formula is C14H16O2S. The first kappa shape index (κ1) is 11.3. The number of Topliss-reactive ketones (excluding diaryl/α,β-unsaturated/α-hetero) is 1. The Labute approximate surface area is 105 Å². The summed E-state index contributed by atoms with van der Waals surface area (Å²) in [5, 5.41) is 11.3. The van der Waals surface area contributed by atoms with Gasteiger partial charge in [-0.1, -0.05) is 30.3 Å². The fourth-order valence-corrected chi connectivity index (χ4v) is 4.72. The van der Waals surface area contributed by atoms with Crippen LogP contribution in [-0.4, -0.2) is 21.4 Å². The molecule has 3 rings (SSSR count). The molecule has 0 unspecified atom stereocenters. The van der Waals surface area contributed by atoms with Gasteiger partial charge in [0.1, 0.15) is 5.78 Å². The number of hydrogen-bond acceptors (Lipinski definition) is 3. The SMILES string of the molecule is O=C1C[C@@H]2CC[C@@H](S2)[C@H]1[C@H](O)c1ccccc1. The van der Waals surface area contributed by atoms with E-state index in [1.165, 1.54) is 0 Å². The molecule has 2 nitrogen and oxygen atoms in total. The van der Waals surface area contributed by atoms with Crippen molar-refractivity contribution in [1.82, 2.24) is 0 Å². The molecule has 4 atom stereocenters. The molecular weight excluding hydrogens is 232 g/mol. The van der Waals surface area contributed by atoms with Gasteiger partial charge in [-0.05, 0) is 18.4 Å². The molecule has 1 aromatic carbocycles. The van der Waals surface area contributed by atoms with Crippen molar-refractivity contribution in [2.75, 3.05) is 0 Å². The van der Waals surface area contributed by atoms with E-state index in [4.69, 9.17) is 0 Å². The monoisotopic (exact) mass is 248 g/mol. The molecule has 2 bridgehead atoms. The van der Waals surface area contributed by atoms with Crippen LogP contribution in [0.25, 0.3) is 0 Å². The first-order valence-corrected chi connectivity index (χ1v) is 7.11. The maximum Gasteiger partial charge on any atom is 0.141 e. The second-order valence-corrected chi connectivity index (χ2v) is 6.47. The summed E-state index contributed by atoms with van der Waals surface area (Å²) in [5.41, 5.74) is 0.872. The molecule has 2 aliphatic rings. The minimum Gasteiger partial charge on any atom is -0.388 e. The fourth-order valence-electron chi connectivity index (χ4n) is 2.95. The van der Waals surface area contributed by atoms with Gasteiger partial charge >= 0.3 is 0 Å². The first-order valence-electron chi connectivity index (χ1n) is 6.17. The molecule has 17 heavy (non-hydrogen) atoms. The zero-order chi connectivity index (χ0) is 11.8. The van der Waals surface area contributed by atoms with Crippen LogP contribution in [-0.2, 0) is 4.79 Å². The third-order valence-corrected chi connectivity index (χ3v) is 5.49. The molecule has 2 aliphatic heterocycles. The van der Waals surface area contributed by atoms with E-state index in [1.54, 1.807) is 0 Å². The van der Waals surface area contributed by atoms with E-state index in [9.17, 15) is 9.90 Å². The predicted molar refractivity (Wildman–Crippen MR) is 68.9 cm³/mol. The quantitative estimate of drug-likeness (QED) is 0.874. The van der Waals surface area contributed by atoms with Gasteiger partial charge in [-0.15, -0.1) is 0 Å². The van der Waals surface area contributed by atoms with E-state index in [-0.39, 0.29) is 11.7 Å². The number of hydrogen-bond donors (Lipinski definition) is 1. The van der Waals surface area contributed by atoms with Gasteiger partial charge in [-0.25, -0.2) is 0 Å². The summed E-state index contributed by atoms with van der Waals surface area (Å²) in [6.07, 6.45) is 2.24. The number of thioether (sulfide) groups is 1. The maximum atomic E-state index is 12.1. The average Bonchev–Trinajstić information content (AvgIpc) is 2.73. The Kier molecular flexibility index (Phi) is 2.97. The zero-order valence-corrected chi connectivity index (χ0v) is 10.4. The summed E-state index contributed by atoms with van der Waals surface area (Å²) in [7, 11) is 0. The Morgan fingerprint density at radius 2 is 2.00 bits per heavy atom. The van der Waals surface area contributed by atoms with E-state index in [2.05, 4.69) is 0 Å². The summed E-state index contributed by atoms with van der Waals surface area (Å²) < 4.78 is 0. The fraction of sp³-hybridized carbons (Fsp3) is 0.500. The van der Waals surface area contributed by atoms with Gasteiger partial charge in [0.05, 0.1) is 12.0 Å². The molecule has 1 aromatic rings. The van der Waals surface area contributed by atoms with Gasteiger partial charge in [0, 0.05) is 16.9 Å². The number of rotatable bonds is 2. The highest BCUT2D eigenvalue weighted by molar-refractivity contribution is 8.00. The van der Waals surface area contributed by atoms with E-state index < -0.39 is 6.10 Å². The Hall–Kier alpha value is -0.800. The lowest BCUT2D eigenvalue weighted by atomic mass is 9.88. The Morgan fingerprint density at radius 1 is 1.24 bits per heavy atom. The summed E-state index contributed by atoms with van der Waals surface area (Å²) in [5.74, 6) is 0.0637. The van der Waals surface area contributed by atoms with Crippen LogP contribution >= 0.6 is 11.8 Å². The highest BCUT2D eigenvalue weighted by Gasteiger charge is 2.45. The van der Waals surface area contributed by atoms with Gasteiger partial charge in [-0.2, -0.15) is 11.8 Å². The van der Waals surface area contributed by atoms with E-state index >= 15 is 0 Å². The minimum atomic E-state index is -0.625. The number of fused-ring (bicyclic) bond motifs is 2. The maximum absolute atomic E-state index is 12.1. The second kappa shape index (κ2) is 4.46. The van der Waals surface area contributed by atoms with E-state index in [0.29, 0.717) is 16.9 Å². The molecule has 0 spiro atoms. The number of aliphatic hydroxyl groups is 1. The van der Waals surface area contributed by atoms with Crippen LogP contribution in [0, 0.1) is 5.92 Å². The van der Waals surface area contributed by atoms with Crippen LogP contribution in [0.5, 0.6) is 0 Å². The van der Waals surface area contributed by atoms with Crippen LogP contribution in [0.4, 0.5) is 0 Å². The molecule has 0 saturated carbocycles. The average molecular weight is 248 g/mol. The lowest BCUT2D eigenvalue weighted by Crippen LogP contribution is -2.34. The van der Waals surface area contributed by atoms with E-state index in [1.807, 2.05) is 42.1 Å². The Morgan fingerprint density at radius 3 is 2.76 bits per heavy atom. The normalized spacial score (nSPS) is 33.7. The number of carbonyl (C=O) groups excluding carboxylic acids is 1. The summed E-state index contributed by atoms with van der Waals surface area (Å²) >= 11 is 1.91. The van der Waals surface area contributed by atoms with Crippen molar-refractivity contribution in [3.8, 4) is 0 Å². The van der Waals surface area contributed by atoms with Crippen molar-refractivity contribution < 1.29 is 9.90 Å². The molecule has 0 radical (unpaired) electrons. The van der Waals surface area contributed by atoms with E-state index in [0.717, 1.165) is 18.4 Å². The highest BCUT2D eigenvalue weighted by Crippen LogP contribution is 2.48. The lowest BCUT2D eigenvalue weighted by Gasteiger charge is -2.31. The van der Waals surface area contributed by atoms with Gasteiger partial charge in [0.2, 0.25) is 0 Å². The number of aliphatic hydroxyl groups excluding tert-OH is 1. The minimum absolute atomic E-state index is 0.193. The van der Waals surface area contributed by atoms with Crippen molar-refractivity contribution >= 4 is 17.5 Å². The molecule has 2 heterocycles. The topological polar surface area (TPSA) is 37.3 Å². The smallest absolute Gasteiger partial charge is 0.141 e. The van der Waals surface area contributed by atoms with Crippen LogP contribution in [0.1, 0.15) is 30.9 Å². The molecule has 0 aromatic heterocycles. The molecule has 3 heteroatoms. The van der Waals surface area contributed by atoms with Crippen LogP contribution in [0.15, 0.2) is 30.3 Å². The predicted octanol–water partition coefficient (Wildman–Crippen LogP) is 2.57. The van der Waals surface area contributed by atoms with Gasteiger partial charge in [0.25, 0.3) is 0 Å². The zero-order valence-electron chi connectivity index (χ0n) is 9.58. The largest absolute Gasteiger partial charge is 0.388 e. The molecule has 2 fully saturated rings. The van der Waals surface area contributed by atoms with Crippen LogP contribution in [0.2, 0.25) is 0 Å². The van der Waals surface area contributed by atoms with Gasteiger partial charge in [0.15, 0.2) is 0 Å². The number of carbonyl (C=O) groups is 1. The van der Waals surface area contributed by atoms with Crippen molar-refractivity contribution in [2.45, 2.75) is 35.9 Å². The Balaban J connectivity index is 1.85. The Bertz CT molecular complexity index is 417. The highest BCUT2D eigenvalue weighted by atomic mass is 32.2. The van der Waals surface area contributed by atoms with Gasteiger partial charge in [-0.3, -0.25) is 4.79 Å². The third-order valence-electron chi connectivity index (χ3n) is 3.82. The van der Waals surface area contributed by atoms with Crippen LogP contribution in [0.3, 0.4) is 0 Å². The molecule has 0 aliphatic carbocycles. The van der Waals surface area contributed by atoms with Crippen molar-refractivity contribution in [3.05, 3.63) is 35.9 Å². The second-order valence-electron chi connectivity index (χ2n) is 4.93. The summed E-state index contributed by atoms with van der Waals surface area (Å²) in [4.78, 5) is 12.1. The molecule has 2 saturated heterocycles.